The van der Waals surface area contributed by atoms with E-state index in [1.807, 2.05) is 18.2 Å². The zero-order chi connectivity index (χ0) is 14.8. The van der Waals surface area contributed by atoms with Crippen LogP contribution >= 0.6 is 11.6 Å². The number of hydrogen-bond donors (Lipinski definition) is 0. The van der Waals surface area contributed by atoms with E-state index in [2.05, 4.69) is 18.2 Å². The fourth-order valence-electron chi connectivity index (χ4n) is 2.92. The number of hydrogen-bond acceptors (Lipinski definition) is 2. The van der Waals surface area contributed by atoms with Gasteiger partial charge in [0.1, 0.15) is 11.5 Å². The van der Waals surface area contributed by atoms with Crippen LogP contribution in [-0.2, 0) is 12.8 Å². The molecule has 0 saturated heterocycles. The molecule has 1 atom stereocenters. The van der Waals surface area contributed by atoms with Gasteiger partial charge in [-0.15, -0.1) is 11.6 Å². The first kappa shape index (κ1) is 14.3. The van der Waals surface area contributed by atoms with Gasteiger partial charge in [-0.1, -0.05) is 18.2 Å². The van der Waals surface area contributed by atoms with Crippen LogP contribution in [0.5, 0.6) is 11.5 Å². The van der Waals surface area contributed by atoms with Crippen LogP contribution in [0, 0.1) is 0 Å². The number of halogens is 1. The van der Waals surface area contributed by atoms with Gasteiger partial charge in [0.05, 0.1) is 19.6 Å². The van der Waals surface area contributed by atoms with Crippen LogP contribution in [0.15, 0.2) is 36.4 Å². The van der Waals surface area contributed by atoms with Crippen molar-refractivity contribution in [2.75, 3.05) is 14.2 Å². The summed E-state index contributed by atoms with van der Waals surface area (Å²) in [5.74, 6) is 1.52. The summed E-state index contributed by atoms with van der Waals surface area (Å²) in [5.41, 5.74) is 5.03. The van der Waals surface area contributed by atoms with Gasteiger partial charge in [-0.3, -0.25) is 0 Å². The predicted octanol–water partition coefficient (Wildman–Crippen LogP) is 4.52. The number of aryl methyl sites for hydroxylation is 2. The molecule has 2 aromatic carbocycles. The molecule has 1 unspecified atom stereocenters. The highest BCUT2D eigenvalue weighted by atomic mass is 35.5. The van der Waals surface area contributed by atoms with Gasteiger partial charge in [0.15, 0.2) is 0 Å². The molecule has 3 heteroatoms. The Morgan fingerprint density at radius 3 is 2.19 bits per heavy atom. The summed E-state index contributed by atoms with van der Waals surface area (Å²) in [5, 5.41) is -0.195. The molecule has 0 N–H and O–H groups in total. The summed E-state index contributed by atoms with van der Waals surface area (Å²) in [6.45, 7) is 0. The molecule has 0 heterocycles. The van der Waals surface area contributed by atoms with Gasteiger partial charge in [-0.25, -0.2) is 0 Å². The molecule has 0 aliphatic heterocycles. The van der Waals surface area contributed by atoms with E-state index >= 15 is 0 Å². The minimum absolute atomic E-state index is 0.195. The van der Waals surface area contributed by atoms with Gasteiger partial charge in [0, 0.05) is 6.07 Å². The molecular formula is C18H19ClO2. The summed E-state index contributed by atoms with van der Waals surface area (Å²) in [7, 11) is 3.30. The number of benzene rings is 2. The van der Waals surface area contributed by atoms with Crippen LogP contribution in [0.3, 0.4) is 0 Å². The lowest BCUT2D eigenvalue weighted by molar-refractivity contribution is 0.393. The Hall–Kier alpha value is -1.67. The van der Waals surface area contributed by atoms with Gasteiger partial charge >= 0.3 is 0 Å². The Kier molecular flexibility index (Phi) is 4.07. The van der Waals surface area contributed by atoms with Crippen LogP contribution in [0.2, 0.25) is 0 Å². The molecule has 0 amide bonds. The second kappa shape index (κ2) is 5.98. The molecule has 1 aliphatic rings. The smallest absolute Gasteiger partial charge is 0.122 e. The van der Waals surface area contributed by atoms with Crippen molar-refractivity contribution < 1.29 is 9.47 Å². The molecule has 0 bridgehead atoms. The number of rotatable bonds is 4. The lowest BCUT2D eigenvalue weighted by Crippen LogP contribution is -1.97. The molecule has 0 fully saturated rings. The molecule has 2 aromatic rings. The number of alkyl halides is 1. The first-order valence-electron chi connectivity index (χ1n) is 7.20. The minimum atomic E-state index is -0.195. The Bertz CT molecular complexity index is 629. The minimum Gasteiger partial charge on any atom is -0.497 e. The molecule has 110 valence electrons. The van der Waals surface area contributed by atoms with Crippen molar-refractivity contribution >= 4 is 11.6 Å². The van der Waals surface area contributed by atoms with Crippen molar-refractivity contribution in [3.05, 3.63) is 58.7 Å². The van der Waals surface area contributed by atoms with Crippen molar-refractivity contribution in [3.8, 4) is 11.5 Å². The molecule has 21 heavy (non-hydrogen) atoms. The van der Waals surface area contributed by atoms with E-state index in [1.54, 1.807) is 14.2 Å². The zero-order valence-corrected chi connectivity index (χ0v) is 13.1. The predicted molar refractivity (Wildman–Crippen MR) is 85.7 cm³/mol. The monoisotopic (exact) mass is 302 g/mol. The Labute approximate surface area is 130 Å². The SMILES string of the molecule is COc1cc(OC)cc(C(Cl)c2ccc3c(c2)CCC3)c1. The highest BCUT2D eigenvalue weighted by molar-refractivity contribution is 6.22. The standard InChI is InChI=1S/C18H19ClO2/c1-20-16-9-15(10-17(11-16)21-2)18(19)14-7-6-12-4-3-5-13(12)8-14/h6-11,18H,3-5H2,1-2H3. The Morgan fingerprint density at radius 1 is 0.857 bits per heavy atom. The van der Waals surface area contributed by atoms with Crippen LogP contribution in [0.4, 0.5) is 0 Å². The summed E-state index contributed by atoms with van der Waals surface area (Å²) in [4.78, 5) is 0. The van der Waals surface area contributed by atoms with Gasteiger partial charge in [0.25, 0.3) is 0 Å². The van der Waals surface area contributed by atoms with Gasteiger partial charge in [-0.2, -0.15) is 0 Å². The summed E-state index contributed by atoms with van der Waals surface area (Å²) in [6, 6.07) is 12.4. The highest BCUT2D eigenvalue weighted by Gasteiger charge is 2.17. The van der Waals surface area contributed by atoms with Gasteiger partial charge < -0.3 is 9.47 Å². The number of fused-ring (bicyclic) bond motifs is 1. The van der Waals surface area contributed by atoms with E-state index in [0.717, 1.165) is 29.0 Å². The second-order valence-corrected chi connectivity index (χ2v) is 5.83. The van der Waals surface area contributed by atoms with Gasteiger partial charge in [0.2, 0.25) is 0 Å². The molecular weight excluding hydrogens is 284 g/mol. The summed E-state index contributed by atoms with van der Waals surface area (Å²) in [6.07, 6.45) is 3.60. The van der Waals surface area contributed by atoms with Crippen LogP contribution in [0.25, 0.3) is 0 Å². The maximum absolute atomic E-state index is 6.68. The third-order valence-electron chi connectivity index (χ3n) is 4.08. The molecule has 2 nitrogen and oxygen atoms in total. The van der Waals surface area contributed by atoms with Gasteiger partial charge in [-0.05, 0) is 53.6 Å². The van der Waals surface area contributed by atoms with E-state index in [0.29, 0.717) is 0 Å². The Morgan fingerprint density at radius 2 is 1.52 bits per heavy atom. The van der Waals surface area contributed by atoms with Crippen molar-refractivity contribution in [2.45, 2.75) is 24.6 Å². The largest absolute Gasteiger partial charge is 0.497 e. The van der Waals surface area contributed by atoms with Crippen LogP contribution < -0.4 is 9.47 Å². The lowest BCUT2D eigenvalue weighted by Gasteiger charge is -2.14. The second-order valence-electron chi connectivity index (χ2n) is 5.39. The normalized spacial score (nSPS) is 14.6. The van der Waals surface area contributed by atoms with Crippen LogP contribution in [-0.4, -0.2) is 14.2 Å². The quantitative estimate of drug-likeness (QED) is 0.773. The highest BCUT2D eigenvalue weighted by Crippen LogP contribution is 2.35. The topological polar surface area (TPSA) is 18.5 Å². The lowest BCUT2D eigenvalue weighted by atomic mass is 9.99. The molecule has 0 saturated carbocycles. The fourth-order valence-corrected chi connectivity index (χ4v) is 3.18. The maximum Gasteiger partial charge on any atom is 0.122 e. The number of methoxy groups -OCH3 is 2. The third kappa shape index (κ3) is 2.86. The molecule has 0 aromatic heterocycles. The summed E-state index contributed by atoms with van der Waals surface area (Å²) >= 11 is 6.68. The van der Waals surface area contributed by atoms with Crippen molar-refractivity contribution in [3.63, 3.8) is 0 Å². The van der Waals surface area contributed by atoms with Crippen molar-refractivity contribution in [1.82, 2.24) is 0 Å². The third-order valence-corrected chi connectivity index (χ3v) is 4.59. The zero-order valence-electron chi connectivity index (χ0n) is 12.4. The summed E-state index contributed by atoms with van der Waals surface area (Å²) < 4.78 is 10.6. The Balaban J connectivity index is 1.96. The fraction of sp³-hybridized carbons (Fsp3) is 0.333. The molecule has 3 rings (SSSR count). The van der Waals surface area contributed by atoms with Crippen molar-refractivity contribution in [1.29, 1.82) is 0 Å². The van der Waals surface area contributed by atoms with E-state index in [9.17, 15) is 0 Å². The molecule has 0 spiro atoms. The van der Waals surface area contributed by atoms with Crippen molar-refractivity contribution in [2.24, 2.45) is 0 Å². The molecule has 1 aliphatic carbocycles. The number of ether oxygens (including phenoxy) is 2. The van der Waals surface area contributed by atoms with E-state index in [1.165, 1.54) is 24.0 Å². The van der Waals surface area contributed by atoms with E-state index in [4.69, 9.17) is 21.1 Å². The average Bonchev–Trinajstić information content (AvgIpc) is 3.01. The molecule has 0 radical (unpaired) electrons. The first-order chi connectivity index (χ1) is 10.2. The maximum atomic E-state index is 6.68. The first-order valence-corrected chi connectivity index (χ1v) is 7.63. The van der Waals surface area contributed by atoms with E-state index in [-0.39, 0.29) is 5.38 Å². The van der Waals surface area contributed by atoms with Crippen LogP contribution in [0.1, 0.15) is 34.1 Å². The van der Waals surface area contributed by atoms with E-state index < -0.39 is 0 Å². The average molecular weight is 303 g/mol.